The molecule has 0 aliphatic carbocycles. The smallest absolute Gasteiger partial charge is 0.263 e. The van der Waals surface area contributed by atoms with E-state index in [2.05, 4.69) is 21.1 Å². The van der Waals surface area contributed by atoms with Crippen molar-refractivity contribution in [1.29, 1.82) is 5.26 Å². The summed E-state index contributed by atoms with van der Waals surface area (Å²) in [6.45, 7) is 1.83. The molecular formula is C19H16N4O2S. The second-order valence-corrected chi connectivity index (χ2v) is 7.35. The van der Waals surface area contributed by atoms with Crippen molar-refractivity contribution < 1.29 is 8.42 Å². The molecule has 0 spiro atoms. The molecule has 0 atom stereocenters. The van der Waals surface area contributed by atoms with Gasteiger partial charge in [0.15, 0.2) is 0 Å². The molecule has 0 amide bonds. The zero-order valence-electron chi connectivity index (χ0n) is 14.0. The molecule has 0 saturated carbocycles. The van der Waals surface area contributed by atoms with Gasteiger partial charge in [-0.2, -0.15) is 5.26 Å². The van der Waals surface area contributed by atoms with E-state index in [4.69, 9.17) is 5.26 Å². The molecule has 0 saturated heterocycles. The van der Waals surface area contributed by atoms with Gasteiger partial charge in [0.1, 0.15) is 5.82 Å². The van der Waals surface area contributed by atoms with Crippen LogP contribution in [0.3, 0.4) is 0 Å². The normalized spacial score (nSPS) is 10.8. The molecule has 0 bridgehead atoms. The number of hydrogen-bond donors (Lipinski definition) is 2. The topological polar surface area (TPSA) is 94.9 Å². The molecule has 130 valence electrons. The van der Waals surface area contributed by atoms with Crippen LogP contribution in [0.4, 0.5) is 17.2 Å². The third-order valence-corrected chi connectivity index (χ3v) is 4.94. The Bertz CT molecular complexity index is 1070. The average molecular weight is 364 g/mol. The van der Waals surface area contributed by atoms with Crippen LogP contribution >= 0.6 is 0 Å². The van der Waals surface area contributed by atoms with Crippen molar-refractivity contribution >= 4 is 27.2 Å². The number of nitrogens with one attached hydrogen (secondary N) is 2. The molecule has 0 aliphatic heterocycles. The number of aromatic nitrogens is 1. The van der Waals surface area contributed by atoms with Crippen LogP contribution in [0.15, 0.2) is 71.8 Å². The minimum absolute atomic E-state index is 0.190. The van der Waals surface area contributed by atoms with Gasteiger partial charge in [-0.1, -0.05) is 18.2 Å². The van der Waals surface area contributed by atoms with Crippen LogP contribution in [-0.4, -0.2) is 13.4 Å². The second-order valence-electron chi connectivity index (χ2n) is 5.67. The highest BCUT2D eigenvalue weighted by Crippen LogP contribution is 2.20. The highest BCUT2D eigenvalue weighted by atomic mass is 32.2. The summed E-state index contributed by atoms with van der Waals surface area (Å²) in [7, 11) is -3.69. The van der Waals surface area contributed by atoms with Crippen LogP contribution < -0.4 is 10.0 Å². The summed E-state index contributed by atoms with van der Waals surface area (Å²) < 4.78 is 27.3. The van der Waals surface area contributed by atoms with Gasteiger partial charge < -0.3 is 5.32 Å². The molecule has 1 heterocycles. The van der Waals surface area contributed by atoms with Gasteiger partial charge in [0.05, 0.1) is 28.4 Å². The SMILES string of the molecule is Cc1cccc(S(=O)(=O)Nc2ccc(Nc3cccc(C#N)c3)cn2)c1. The third-order valence-electron chi connectivity index (χ3n) is 3.58. The summed E-state index contributed by atoms with van der Waals surface area (Å²) in [6, 6.07) is 19.1. The van der Waals surface area contributed by atoms with Gasteiger partial charge in [-0.05, 0) is 55.0 Å². The lowest BCUT2D eigenvalue weighted by Gasteiger charge is -2.10. The van der Waals surface area contributed by atoms with Gasteiger partial charge in [0.2, 0.25) is 0 Å². The first-order chi connectivity index (χ1) is 12.5. The number of hydrogen-bond acceptors (Lipinski definition) is 5. The molecule has 1 aromatic heterocycles. The van der Waals surface area contributed by atoms with Gasteiger partial charge in [0, 0.05) is 5.69 Å². The summed E-state index contributed by atoms with van der Waals surface area (Å²) in [5.74, 6) is 0.225. The zero-order valence-corrected chi connectivity index (χ0v) is 14.8. The highest BCUT2D eigenvalue weighted by molar-refractivity contribution is 7.92. The van der Waals surface area contributed by atoms with Gasteiger partial charge in [0.25, 0.3) is 10.0 Å². The first-order valence-electron chi connectivity index (χ1n) is 7.79. The third kappa shape index (κ3) is 4.18. The molecule has 3 rings (SSSR count). The van der Waals surface area contributed by atoms with E-state index < -0.39 is 10.0 Å². The van der Waals surface area contributed by atoms with E-state index in [9.17, 15) is 8.42 Å². The number of pyridine rings is 1. The summed E-state index contributed by atoms with van der Waals surface area (Å²) in [5.41, 5.74) is 2.84. The maximum absolute atomic E-state index is 12.4. The molecule has 6 nitrogen and oxygen atoms in total. The van der Waals surface area contributed by atoms with Crippen LogP contribution in [0.25, 0.3) is 0 Å². The van der Waals surface area contributed by atoms with Crippen molar-refractivity contribution in [3.05, 3.63) is 78.0 Å². The van der Waals surface area contributed by atoms with Crippen molar-refractivity contribution in [2.75, 3.05) is 10.0 Å². The van der Waals surface area contributed by atoms with E-state index in [1.54, 1.807) is 42.5 Å². The predicted molar refractivity (Wildman–Crippen MR) is 101 cm³/mol. The van der Waals surface area contributed by atoms with Gasteiger partial charge in [-0.3, -0.25) is 4.72 Å². The Kier molecular flexibility index (Phi) is 4.87. The van der Waals surface area contributed by atoms with Crippen molar-refractivity contribution in [2.24, 2.45) is 0 Å². The maximum atomic E-state index is 12.4. The average Bonchev–Trinajstić information content (AvgIpc) is 2.63. The van der Waals surface area contributed by atoms with Crippen LogP contribution in [0.5, 0.6) is 0 Å². The number of sulfonamides is 1. The van der Waals surface area contributed by atoms with E-state index in [1.165, 1.54) is 12.3 Å². The highest BCUT2D eigenvalue weighted by Gasteiger charge is 2.14. The fourth-order valence-electron chi connectivity index (χ4n) is 2.34. The number of anilines is 3. The molecule has 3 aromatic rings. The Morgan fingerprint density at radius 3 is 2.50 bits per heavy atom. The molecule has 2 aromatic carbocycles. The lowest BCUT2D eigenvalue weighted by Crippen LogP contribution is -2.14. The number of rotatable bonds is 5. The van der Waals surface area contributed by atoms with Crippen molar-refractivity contribution in [3.63, 3.8) is 0 Å². The fraction of sp³-hybridized carbons (Fsp3) is 0.0526. The largest absolute Gasteiger partial charge is 0.354 e. The summed E-state index contributed by atoms with van der Waals surface area (Å²) in [6.07, 6.45) is 1.52. The van der Waals surface area contributed by atoms with E-state index in [1.807, 2.05) is 19.1 Å². The summed E-state index contributed by atoms with van der Waals surface area (Å²) in [4.78, 5) is 4.32. The Hall–Kier alpha value is -3.37. The first-order valence-corrected chi connectivity index (χ1v) is 9.27. The Morgan fingerprint density at radius 2 is 1.81 bits per heavy atom. The van der Waals surface area contributed by atoms with Crippen LogP contribution in [-0.2, 0) is 10.0 Å². The zero-order chi connectivity index (χ0) is 18.6. The van der Waals surface area contributed by atoms with E-state index in [0.29, 0.717) is 11.3 Å². The van der Waals surface area contributed by atoms with Gasteiger partial charge >= 0.3 is 0 Å². The molecule has 0 fully saturated rings. The molecule has 26 heavy (non-hydrogen) atoms. The Balaban J connectivity index is 1.74. The van der Waals surface area contributed by atoms with Crippen molar-refractivity contribution in [3.8, 4) is 6.07 Å². The number of aryl methyl sites for hydroxylation is 1. The van der Waals surface area contributed by atoms with Crippen LogP contribution in [0.2, 0.25) is 0 Å². The Morgan fingerprint density at radius 1 is 1.00 bits per heavy atom. The summed E-state index contributed by atoms with van der Waals surface area (Å²) >= 11 is 0. The van der Waals surface area contributed by atoms with Crippen LogP contribution in [0.1, 0.15) is 11.1 Å². The van der Waals surface area contributed by atoms with E-state index >= 15 is 0 Å². The minimum Gasteiger partial charge on any atom is -0.354 e. The van der Waals surface area contributed by atoms with Gasteiger partial charge in [-0.15, -0.1) is 0 Å². The van der Waals surface area contributed by atoms with E-state index in [-0.39, 0.29) is 10.7 Å². The Labute approximate surface area is 152 Å². The van der Waals surface area contributed by atoms with Crippen LogP contribution in [0, 0.1) is 18.3 Å². The second kappa shape index (κ2) is 7.25. The molecular weight excluding hydrogens is 348 g/mol. The lowest BCUT2D eigenvalue weighted by molar-refractivity contribution is 0.601. The monoisotopic (exact) mass is 364 g/mol. The molecule has 7 heteroatoms. The molecule has 0 aliphatic rings. The number of nitriles is 1. The van der Waals surface area contributed by atoms with Crippen molar-refractivity contribution in [2.45, 2.75) is 11.8 Å². The lowest BCUT2D eigenvalue weighted by atomic mass is 10.2. The molecule has 0 unspecified atom stereocenters. The quantitative estimate of drug-likeness (QED) is 0.718. The molecule has 2 N–H and O–H groups in total. The van der Waals surface area contributed by atoms with Crippen molar-refractivity contribution in [1.82, 2.24) is 4.98 Å². The molecule has 0 radical (unpaired) electrons. The fourth-order valence-corrected chi connectivity index (χ4v) is 3.45. The summed E-state index contributed by atoms with van der Waals surface area (Å²) in [5, 5.41) is 12.0. The predicted octanol–water partition coefficient (Wildman–Crippen LogP) is 3.81. The number of nitrogens with zero attached hydrogens (tertiary/aromatic N) is 2. The minimum atomic E-state index is -3.69. The van der Waals surface area contributed by atoms with E-state index in [0.717, 1.165) is 11.3 Å². The standard InChI is InChI=1S/C19H16N4O2S/c1-14-4-2-7-18(10-14)26(24,25)23-19-9-8-17(13-21-19)22-16-6-3-5-15(11-16)12-20/h2-11,13,22H,1H3,(H,21,23). The number of benzene rings is 2. The maximum Gasteiger partial charge on any atom is 0.263 e. The first kappa shape index (κ1) is 17.5. The van der Waals surface area contributed by atoms with Gasteiger partial charge in [-0.25, -0.2) is 13.4 Å².